The van der Waals surface area contributed by atoms with Crippen molar-refractivity contribution in [3.8, 4) is 0 Å². The lowest BCUT2D eigenvalue weighted by atomic mass is 9.89. The molecule has 0 aromatic carbocycles. The number of carbonyl (C=O) groups is 1. The van der Waals surface area contributed by atoms with Crippen LogP contribution < -0.4 is 0 Å². The molecule has 0 aliphatic carbocycles. The van der Waals surface area contributed by atoms with Crippen LogP contribution in [0.25, 0.3) is 0 Å². The summed E-state index contributed by atoms with van der Waals surface area (Å²) >= 11 is 14.1. The molecule has 0 unspecified atom stereocenters. The molecule has 0 saturated heterocycles. The maximum atomic E-state index is 14.2. The SMILES string of the molecule is O=C(OC(Cl)(Cl)C(F)(F)C(F)(F)C(F)(F)C(F)(F)C(F)(F)C(F)(F)C(F)(F)C(F)(F)Cl)C(F)(F)C(F)(F)C(F)(F)C(F)(F)C(F)(F)C(F)(F)C(F)(F)C(F)(F)Cl. The van der Waals surface area contributed by atoms with Gasteiger partial charge in [-0.2, -0.15) is 140 Å². The highest BCUT2D eigenvalue weighted by Gasteiger charge is 2.98. The molecular weight excluding hydrogens is 998 g/mol. The minimum atomic E-state index is -9.46. The second-order valence-corrected chi connectivity index (χ2v) is 12.2. The first-order valence-corrected chi connectivity index (χ1v) is 12.9. The van der Waals surface area contributed by atoms with Crippen molar-refractivity contribution >= 4 is 52.4 Å². The van der Waals surface area contributed by atoms with Gasteiger partial charge in [-0.05, 0) is 23.2 Å². The summed E-state index contributed by atoms with van der Waals surface area (Å²) in [5.74, 6) is -133. The lowest BCUT2D eigenvalue weighted by Gasteiger charge is -2.44. The van der Waals surface area contributed by atoms with Crippen molar-refractivity contribution in [3.63, 3.8) is 0 Å². The van der Waals surface area contributed by atoms with Gasteiger partial charge in [0.15, 0.2) is 0 Å². The number of alkyl halides is 36. The summed E-state index contributed by atoms with van der Waals surface area (Å²) in [6.45, 7) is 0. The first-order chi connectivity index (χ1) is 23.4. The highest BCUT2D eigenvalue weighted by Crippen LogP contribution is 2.67. The molecule has 0 radical (unpaired) electrons. The van der Waals surface area contributed by atoms with Crippen LogP contribution in [0.4, 0.5) is 140 Å². The van der Waals surface area contributed by atoms with Crippen molar-refractivity contribution in [2.45, 2.75) is 98.2 Å². The fourth-order valence-corrected chi connectivity index (χ4v) is 3.50. The van der Waals surface area contributed by atoms with Gasteiger partial charge in [0, 0.05) is 0 Å². The Balaban J connectivity index is 7.35. The zero-order valence-corrected chi connectivity index (χ0v) is 26.4. The number of hydrogen-bond acceptors (Lipinski definition) is 2. The monoisotopic (exact) mass is 996 g/mol. The summed E-state index contributed by atoms with van der Waals surface area (Å²) in [7, 11) is 0. The second kappa shape index (κ2) is 13.4. The predicted molar refractivity (Wildman–Crippen MR) is 111 cm³/mol. The molecule has 56 heavy (non-hydrogen) atoms. The highest BCUT2D eigenvalue weighted by molar-refractivity contribution is 6.48. The van der Waals surface area contributed by atoms with Crippen LogP contribution in [0.15, 0.2) is 0 Å². The molecule has 0 fully saturated rings. The first kappa shape index (κ1) is 54.4. The van der Waals surface area contributed by atoms with Crippen LogP contribution >= 0.6 is 46.4 Å². The Hall–Kier alpha value is -1.61. The Morgan fingerprint density at radius 2 is 0.429 bits per heavy atom. The topological polar surface area (TPSA) is 26.3 Å². The molecule has 38 heteroatoms. The molecule has 0 saturated carbocycles. The van der Waals surface area contributed by atoms with E-state index in [0.717, 1.165) is 0 Å². The van der Waals surface area contributed by atoms with E-state index in [1.54, 1.807) is 4.74 Å². The van der Waals surface area contributed by atoms with Crippen LogP contribution in [-0.2, 0) is 9.53 Å². The number of halogens is 36. The molecule has 2 nitrogen and oxygen atoms in total. The van der Waals surface area contributed by atoms with Gasteiger partial charge in [-0.1, -0.05) is 23.2 Å². The minimum absolute atomic E-state index is 1.79. The normalized spacial score (nSPS) is 17.0. The van der Waals surface area contributed by atoms with Gasteiger partial charge in [0.25, 0.3) is 0 Å². The largest absolute Gasteiger partial charge is 0.417 e. The van der Waals surface area contributed by atoms with Crippen LogP contribution in [0.5, 0.6) is 0 Å². The van der Waals surface area contributed by atoms with Gasteiger partial charge < -0.3 is 4.74 Å². The fourth-order valence-electron chi connectivity index (χ4n) is 2.88. The summed E-state index contributed by atoms with van der Waals surface area (Å²) in [4.78, 5) is 11.3. The van der Waals surface area contributed by atoms with E-state index in [9.17, 15) is 145 Å². The van der Waals surface area contributed by atoms with Crippen molar-refractivity contribution in [2.24, 2.45) is 0 Å². The number of carbonyl (C=O) groups excluding carboxylic acids is 1. The third kappa shape index (κ3) is 6.64. The van der Waals surface area contributed by atoms with E-state index in [4.69, 9.17) is 0 Å². The van der Waals surface area contributed by atoms with Gasteiger partial charge in [0.05, 0.1) is 0 Å². The van der Waals surface area contributed by atoms with Crippen molar-refractivity contribution in [2.75, 3.05) is 0 Å². The number of hydrogen-bond donors (Lipinski definition) is 0. The van der Waals surface area contributed by atoms with Gasteiger partial charge in [-0.15, -0.1) is 0 Å². The van der Waals surface area contributed by atoms with Gasteiger partial charge in [-0.3, -0.25) is 0 Å². The lowest BCUT2D eigenvalue weighted by Crippen LogP contribution is -2.76. The van der Waals surface area contributed by atoms with Crippen molar-refractivity contribution in [1.82, 2.24) is 0 Å². The molecule has 0 rings (SSSR count). The summed E-state index contributed by atoms with van der Waals surface area (Å²) in [6, 6.07) is 0. The molecule has 0 spiro atoms. The third-order valence-corrected chi connectivity index (χ3v) is 7.39. The summed E-state index contributed by atoms with van der Waals surface area (Å²) in [5.41, 5.74) is 0. The van der Waals surface area contributed by atoms with E-state index in [1.165, 1.54) is 0 Å². The lowest BCUT2D eigenvalue weighted by molar-refractivity contribution is -0.452. The van der Waals surface area contributed by atoms with Gasteiger partial charge in [-0.25, -0.2) is 4.79 Å². The number of esters is 1. The Morgan fingerprint density at radius 1 is 0.268 bits per heavy atom. The molecule has 0 aliphatic heterocycles. The Labute approximate surface area is 301 Å². The zero-order chi connectivity index (χ0) is 46.8. The first-order valence-electron chi connectivity index (χ1n) is 11.4. The molecule has 336 valence electrons. The summed E-state index contributed by atoms with van der Waals surface area (Å²) in [5, 5.41) is -14.6. The Bertz CT molecular complexity index is 1470. The fraction of sp³-hybridized carbons (Fsp3) is 0.944. The standard InChI is InChI=1S/C18Cl4F32O2/c19-16(20,13(45,46)10(39,40)7(33,34)6(31,32)9(37,38)12(43,44)15(49,50)18(22,53)54)56-1(55)2(23,24)3(25,26)4(27,28)5(29,30)8(35,36)11(41,42)14(47,48)17(21,51)52. The molecule has 0 bridgehead atoms. The second-order valence-electron chi connectivity index (χ2n) is 9.94. The van der Waals surface area contributed by atoms with Crippen LogP contribution in [0.2, 0.25) is 0 Å². The summed E-state index contributed by atoms with van der Waals surface area (Å²) < 4.78 is 428. The zero-order valence-electron chi connectivity index (χ0n) is 23.4. The smallest absolute Gasteiger partial charge is 0.411 e. The molecule has 0 amide bonds. The minimum Gasteiger partial charge on any atom is -0.417 e. The van der Waals surface area contributed by atoms with Gasteiger partial charge in [0.1, 0.15) is 0 Å². The molecule has 0 aromatic heterocycles. The summed E-state index contributed by atoms with van der Waals surface area (Å²) in [6.07, 6.45) is 0. The van der Waals surface area contributed by atoms with E-state index in [1.807, 2.05) is 0 Å². The quantitative estimate of drug-likeness (QED) is 0.0825. The molecule has 0 heterocycles. The van der Waals surface area contributed by atoms with Crippen molar-refractivity contribution < 1.29 is 150 Å². The Kier molecular flexibility index (Phi) is 13.1. The van der Waals surface area contributed by atoms with Gasteiger partial charge >= 0.3 is 104 Å². The Morgan fingerprint density at radius 3 is 0.625 bits per heavy atom. The molecule has 0 aliphatic rings. The average molecular weight is 998 g/mol. The van der Waals surface area contributed by atoms with Crippen LogP contribution in [-0.4, -0.2) is 104 Å². The van der Waals surface area contributed by atoms with E-state index < -0.39 is 104 Å². The average Bonchev–Trinajstić information content (AvgIpc) is 2.94. The van der Waals surface area contributed by atoms with Crippen LogP contribution in [0.3, 0.4) is 0 Å². The third-order valence-electron chi connectivity index (χ3n) is 6.29. The highest BCUT2D eigenvalue weighted by atomic mass is 35.5. The van der Waals surface area contributed by atoms with E-state index in [0.29, 0.717) is 0 Å². The number of ether oxygens (including phenoxy) is 1. The molecule has 0 atom stereocenters. The number of rotatable bonds is 17. The molecule has 0 N–H and O–H groups in total. The van der Waals surface area contributed by atoms with Crippen molar-refractivity contribution in [3.05, 3.63) is 0 Å². The van der Waals surface area contributed by atoms with E-state index >= 15 is 0 Å². The predicted octanol–water partition coefficient (Wildman–Crippen LogP) is 12.2. The maximum Gasteiger partial charge on any atom is 0.411 e. The maximum absolute atomic E-state index is 14.2. The van der Waals surface area contributed by atoms with Gasteiger partial charge in [0.2, 0.25) is 0 Å². The van der Waals surface area contributed by atoms with Crippen LogP contribution in [0, 0.1) is 0 Å². The van der Waals surface area contributed by atoms with Crippen molar-refractivity contribution in [1.29, 1.82) is 0 Å². The van der Waals surface area contributed by atoms with E-state index in [-0.39, 0.29) is 0 Å². The van der Waals surface area contributed by atoms with Crippen LogP contribution in [0.1, 0.15) is 0 Å². The molecular formula is C18Cl4F32O2. The van der Waals surface area contributed by atoms with E-state index in [2.05, 4.69) is 46.4 Å². The molecule has 0 aromatic rings.